The number of hydrogen-bond acceptors (Lipinski definition) is 7. The van der Waals surface area contributed by atoms with E-state index >= 15 is 0 Å². The highest BCUT2D eigenvalue weighted by Crippen LogP contribution is 2.45. The summed E-state index contributed by atoms with van der Waals surface area (Å²) in [6, 6.07) is 21.1. The largest absolute Gasteiger partial charge is 0.497 e. The Morgan fingerprint density at radius 1 is 0.930 bits per heavy atom. The zero-order chi connectivity index (χ0) is 30.9. The number of amides is 2. The second-order valence-electron chi connectivity index (χ2n) is 11.7. The van der Waals surface area contributed by atoms with Crippen LogP contribution in [0, 0.1) is 0 Å². The van der Waals surface area contributed by atoms with Crippen LogP contribution in [0.2, 0.25) is 0 Å². The van der Waals surface area contributed by atoms with E-state index in [9.17, 15) is 19.5 Å². The van der Waals surface area contributed by atoms with Crippen LogP contribution in [0.4, 0.5) is 9.59 Å². The molecule has 226 valence electrons. The number of ether oxygens (including phenoxy) is 4. The lowest BCUT2D eigenvalue weighted by molar-refractivity contribution is -0.179. The molecule has 0 radical (unpaired) electrons. The van der Waals surface area contributed by atoms with Crippen molar-refractivity contribution in [3.05, 3.63) is 83.4 Å². The van der Waals surface area contributed by atoms with Gasteiger partial charge < -0.3 is 29.0 Å². The Hall–Kier alpha value is -4.73. The van der Waals surface area contributed by atoms with Crippen molar-refractivity contribution >= 4 is 18.2 Å². The van der Waals surface area contributed by atoms with Crippen molar-refractivity contribution in [1.29, 1.82) is 0 Å². The zero-order valence-corrected chi connectivity index (χ0v) is 25.0. The zero-order valence-electron chi connectivity index (χ0n) is 25.0. The maximum Gasteiger partial charge on any atom is 0.411 e. The summed E-state index contributed by atoms with van der Waals surface area (Å²) in [6.45, 7) is 4.55. The molecule has 1 aliphatic heterocycles. The molecule has 10 heteroatoms. The Balaban J connectivity index is 1.50. The molecule has 0 saturated carbocycles. The third-order valence-corrected chi connectivity index (χ3v) is 7.85. The van der Waals surface area contributed by atoms with Crippen LogP contribution in [0.5, 0.6) is 11.5 Å². The summed E-state index contributed by atoms with van der Waals surface area (Å²) in [5, 5.41) is 9.67. The van der Waals surface area contributed by atoms with Crippen LogP contribution in [-0.2, 0) is 20.8 Å². The maximum atomic E-state index is 14.1. The molecular formula is C33H36N2O8. The molecule has 0 aromatic heterocycles. The Morgan fingerprint density at radius 2 is 1.53 bits per heavy atom. The number of benzene rings is 3. The number of rotatable bonds is 8. The lowest BCUT2D eigenvalue weighted by Gasteiger charge is -2.52. The minimum absolute atomic E-state index is 0.0240. The Labute approximate surface area is 250 Å². The van der Waals surface area contributed by atoms with E-state index in [0.29, 0.717) is 17.1 Å². The first-order valence-corrected chi connectivity index (χ1v) is 14.0. The fraction of sp³-hybridized carbons (Fsp3) is 0.364. The van der Waals surface area contributed by atoms with Crippen molar-refractivity contribution in [2.75, 3.05) is 33.9 Å². The molecule has 3 aromatic rings. The van der Waals surface area contributed by atoms with Crippen LogP contribution in [0.3, 0.4) is 0 Å². The SMILES string of the molecule is COc1ccc(CN(C(=O)OCC2c3ccccc3-c3ccccc32)C2(C(=O)OC(C)(C)C)CN(C(=O)O)C2)c(OC)c1. The number of likely N-dealkylation sites (tertiary alicyclic amines) is 1. The highest BCUT2D eigenvalue weighted by molar-refractivity contribution is 5.90. The second kappa shape index (κ2) is 11.5. The van der Waals surface area contributed by atoms with Crippen molar-refractivity contribution in [2.24, 2.45) is 0 Å². The standard InChI is InChI=1S/C33H36N2O8/c1-32(2,3)43-29(36)33(19-34(20-33)30(37)38)35(17-21-14-15-22(40-4)16-28(21)41-5)31(39)42-18-27-25-12-8-6-10-23(25)24-11-7-9-13-26(24)27/h6-16,27H,17-20H2,1-5H3,(H,37,38). The Bertz CT molecular complexity index is 1490. The predicted octanol–water partition coefficient (Wildman–Crippen LogP) is 5.53. The monoisotopic (exact) mass is 588 g/mol. The molecule has 10 nitrogen and oxygen atoms in total. The van der Waals surface area contributed by atoms with E-state index in [4.69, 9.17) is 18.9 Å². The molecule has 3 aromatic carbocycles. The molecule has 5 rings (SSSR count). The molecule has 1 heterocycles. The molecule has 43 heavy (non-hydrogen) atoms. The van der Waals surface area contributed by atoms with Gasteiger partial charge in [-0.05, 0) is 55.2 Å². The van der Waals surface area contributed by atoms with Gasteiger partial charge in [0.25, 0.3) is 0 Å². The second-order valence-corrected chi connectivity index (χ2v) is 11.7. The van der Waals surface area contributed by atoms with E-state index < -0.39 is 29.3 Å². The quantitative estimate of drug-likeness (QED) is 0.342. The Kier molecular flexibility index (Phi) is 7.96. The number of nitrogens with zero attached hydrogens (tertiary/aromatic N) is 2. The first-order valence-electron chi connectivity index (χ1n) is 14.0. The van der Waals surface area contributed by atoms with Gasteiger partial charge in [-0.2, -0.15) is 0 Å². The van der Waals surface area contributed by atoms with E-state index in [-0.39, 0.29) is 32.2 Å². The van der Waals surface area contributed by atoms with Crippen LogP contribution >= 0.6 is 0 Å². The summed E-state index contributed by atoms with van der Waals surface area (Å²) in [5.41, 5.74) is 2.34. The summed E-state index contributed by atoms with van der Waals surface area (Å²) >= 11 is 0. The molecule has 1 saturated heterocycles. The number of carbonyl (C=O) groups excluding carboxylic acids is 2. The van der Waals surface area contributed by atoms with Crippen molar-refractivity contribution in [3.8, 4) is 22.6 Å². The predicted molar refractivity (Wildman–Crippen MR) is 158 cm³/mol. The smallest absolute Gasteiger partial charge is 0.411 e. The summed E-state index contributed by atoms with van der Waals surface area (Å²) in [4.78, 5) is 42.1. The van der Waals surface area contributed by atoms with Crippen LogP contribution in [0.15, 0.2) is 66.7 Å². The molecule has 1 fully saturated rings. The van der Waals surface area contributed by atoms with Crippen LogP contribution in [0.25, 0.3) is 11.1 Å². The molecule has 2 aliphatic rings. The summed E-state index contributed by atoms with van der Waals surface area (Å²) in [5.74, 6) is 0.0713. The van der Waals surface area contributed by atoms with Gasteiger partial charge in [0, 0.05) is 17.5 Å². The minimum atomic E-state index is -1.61. The van der Waals surface area contributed by atoms with E-state index in [1.807, 2.05) is 48.5 Å². The van der Waals surface area contributed by atoms with E-state index in [1.54, 1.807) is 39.0 Å². The number of methoxy groups -OCH3 is 2. The van der Waals surface area contributed by atoms with Gasteiger partial charge >= 0.3 is 18.2 Å². The van der Waals surface area contributed by atoms with Crippen molar-refractivity contribution in [2.45, 2.75) is 44.4 Å². The fourth-order valence-corrected chi connectivity index (χ4v) is 5.72. The minimum Gasteiger partial charge on any atom is -0.497 e. The molecule has 1 N–H and O–H groups in total. The van der Waals surface area contributed by atoms with Gasteiger partial charge in [-0.3, -0.25) is 4.90 Å². The lowest BCUT2D eigenvalue weighted by Crippen LogP contribution is -2.76. The normalized spacial score (nSPS) is 15.0. The van der Waals surface area contributed by atoms with Crippen molar-refractivity contribution in [1.82, 2.24) is 9.80 Å². The van der Waals surface area contributed by atoms with Gasteiger partial charge in [0.05, 0.1) is 33.9 Å². The molecule has 2 amide bonds. The number of esters is 1. The van der Waals surface area contributed by atoms with Gasteiger partial charge in [0.2, 0.25) is 0 Å². The van der Waals surface area contributed by atoms with Crippen LogP contribution in [-0.4, -0.2) is 78.1 Å². The Morgan fingerprint density at radius 3 is 2.07 bits per heavy atom. The highest BCUT2D eigenvalue weighted by Gasteiger charge is 2.59. The number of carbonyl (C=O) groups is 3. The van der Waals surface area contributed by atoms with Crippen LogP contribution in [0.1, 0.15) is 43.4 Å². The number of carboxylic acid groups (broad SMARTS) is 1. The van der Waals surface area contributed by atoms with Crippen molar-refractivity contribution < 1.29 is 38.4 Å². The summed E-state index contributed by atoms with van der Waals surface area (Å²) in [6.07, 6.45) is -1.97. The average molecular weight is 589 g/mol. The van der Waals surface area contributed by atoms with Gasteiger partial charge in [0.1, 0.15) is 23.7 Å². The first-order chi connectivity index (χ1) is 20.5. The van der Waals surface area contributed by atoms with E-state index in [0.717, 1.165) is 27.2 Å². The number of hydrogen-bond donors (Lipinski definition) is 1. The van der Waals surface area contributed by atoms with Gasteiger partial charge in [-0.15, -0.1) is 0 Å². The highest BCUT2D eigenvalue weighted by atomic mass is 16.6. The lowest BCUT2D eigenvalue weighted by atomic mass is 9.87. The molecule has 0 bridgehead atoms. The molecule has 0 spiro atoms. The van der Waals surface area contributed by atoms with Gasteiger partial charge in [-0.25, -0.2) is 14.4 Å². The van der Waals surface area contributed by atoms with Crippen LogP contribution < -0.4 is 9.47 Å². The van der Waals surface area contributed by atoms with Gasteiger partial charge in [-0.1, -0.05) is 48.5 Å². The van der Waals surface area contributed by atoms with E-state index in [2.05, 4.69) is 0 Å². The summed E-state index contributed by atoms with van der Waals surface area (Å²) in [7, 11) is 3.03. The van der Waals surface area contributed by atoms with Crippen molar-refractivity contribution in [3.63, 3.8) is 0 Å². The molecular weight excluding hydrogens is 552 g/mol. The first kappa shape index (κ1) is 29.8. The van der Waals surface area contributed by atoms with E-state index in [1.165, 1.54) is 19.1 Å². The summed E-state index contributed by atoms with van der Waals surface area (Å²) < 4.78 is 22.6. The number of fused-ring (bicyclic) bond motifs is 3. The third kappa shape index (κ3) is 5.69. The molecule has 1 aliphatic carbocycles. The van der Waals surface area contributed by atoms with Gasteiger partial charge in [0.15, 0.2) is 5.54 Å². The maximum absolute atomic E-state index is 14.1. The molecule has 0 atom stereocenters. The average Bonchev–Trinajstić information content (AvgIpc) is 3.27. The topological polar surface area (TPSA) is 115 Å². The fourth-order valence-electron chi connectivity index (χ4n) is 5.72. The third-order valence-electron chi connectivity index (χ3n) is 7.85. The molecule has 0 unspecified atom stereocenters.